The van der Waals surface area contributed by atoms with Gasteiger partial charge in [-0.15, -0.1) is 0 Å². The lowest BCUT2D eigenvalue weighted by molar-refractivity contribution is 0.1000. The fourth-order valence-corrected chi connectivity index (χ4v) is 1.58. The predicted molar refractivity (Wildman–Crippen MR) is 76.6 cm³/mol. The van der Waals surface area contributed by atoms with Crippen molar-refractivity contribution in [2.24, 2.45) is 5.73 Å². The molecular weight excluding hydrogens is 272 g/mol. The molecule has 0 saturated carbocycles. The van der Waals surface area contributed by atoms with Gasteiger partial charge in [0.2, 0.25) is 11.8 Å². The molecular formula is C15H16N2O4. The Morgan fingerprint density at radius 2 is 2.00 bits per heavy atom. The van der Waals surface area contributed by atoms with E-state index in [9.17, 15) is 4.79 Å². The van der Waals surface area contributed by atoms with Crippen molar-refractivity contribution in [1.82, 2.24) is 4.98 Å². The van der Waals surface area contributed by atoms with Crippen LogP contribution in [-0.2, 0) is 4.74 Å². The highest BCUT2D eigenvalue weighted by Crippen LogP contribution is 2.24. The van der Waals surface area contributed by atoms with Gasteiger partial charge in [0.1, 0.15) is 18.1 Å². The smallest absolute Gasteiger partial charge is 0.250 e. The summed E-state index contributed by atoms with van der Waals surface area (Å²) < 4.78 is 16.0. The molecule has 21 heavy (non-hydrogen) atoms. The van der Waals surface area contributed by atoms with Gasteiger partial charge >= 0.3 is 0 Å². The minimum Gasteiger partial charge on any atom is -0.491 e. The molecule has 0 unspecified atom stereocenters. The topological polar surface area (TPSA) is 83.7 Å². The van der Waals surface area contributed by atoms with E-state index < -0.39 is 5.91 Å². The summed E-state index contributed by atoms with van der Waals surface area (Å²) in [7, 11) is 1.62. The normalized spacial score (nSPS) is 10.1. The van der Waals surface area contributed by atoms with E-state index in [-0.39, 0.29) is 0 Å². The Bertz CT molecular complexity index is 599. The van der Waals surface area contributed by atoms with Gasteiger partial charge in [-0.3, -0.25) is 4.79 Å². The van der Waals surface area contributed by atoms with Gasteiger partial charge in [-0.1, -0.05) is 6.07 Å². The summed E-state index contributed by atoms with van der Waals surface area (Å²) in [6.07, 6.45) is 1.37. The lowest BCUT2D eigenvalue weighted by Crippen LogP contribution is -2.10. The minimum absolute atomic E-state index is 0.332. The predicted octanol–water partition coefficient (Wildman–Crippen LogP) is 2.00. The number of amides is 1. The fourth-order valence-electron chi connectivity index (χ4n) is 1.58. The molecule has 0 atom stereocenters. The number of carbonyl (C=O) groups is 1. The molecule has 0 radical (unpaired) electrons. The van der Waals surface area contributed by atoms with E-state index in [1.165, 1.54) is 6.20 Å². The highest BCUT2D eigenvalue weighted by Gasteiger charge is 2.04. The van der Waals surface area contributed by atoms with Crippen LogP contribution in [0.4, 0.5) is 0 Å². The first kappa shape index (κ1) is 14.8. The molecule has 6 heteroatoms. The summed E-state index contributed by atoms with van der Waals surface area (Å²) in [6, 6.07) is 10.3. The summed E-state index contributed by atoms with van der Waals surface area (Å²) in [4.78, 5) is 15.0. The summed E-state index contributed by atoms with van der Waals surface area (Å²) >= 11 is 0. The number of hydrogen-bond donors (Lipinski definition) is 1. The minimum atomic E-state index is -0.525. The number of carbonyl (C=O) groups excluding carboxylic acids is 1. The molecule has 110 valence electrons. The van der Waals surface area contributed by atoms with Crippen molar-refractivity contribution in [3.63, 3.8) is 0 Å². The van der Waals surface area contributed by atoms with Crippen molar-refractivity contribution in [3.05, 3.63) is 48.2 Å². The average molecular weight is 288 g/mol. The summed E-state index contributed by atoms with van der Waals surface area (Å²) in [5.74, 6) is 1.11. The zero-order valence-corrected chi connectivity index (χ0v) is 11.6. The maximum atomic E-state index is 11.0. The van der Waals surface area contributed by atoms with Crippen LogP contribution in [0.15, 0.2) is 42.6 Å². The molecule has 0 saturated heterocycles. The van der Waals surface area contributed by atoms with Crippen molar-refractivity contribution in [2.75, 3.05) is 20.3 Å². The van der Waals surface area contributed by atoms with Crippen LogP contribution in [0.3, 0.4) is 0 Å². The number of ether oxygens (including phenoxy) is 3. The first-order chi connectivity index (χ1) is 10.2. The molecule has 0 aliphatic heterocycles. The third-order valence-corrected chi connectivity index (χ3v) is 2.60. The maximum Gasteiger partial charge on any atom is 0.250 e. The molecule has 1 amide bonds. The van der Waals surface area contributed by atoms with Crippen molar-refractivity contribution in [1.29, 1.82) is 0 Å². The highest BCUT2D eigenvalue weighted by atomic mass is 16.5. The quantitative estimate of drug-likeness (QED) is 0.788. The Morgan fingerprint density at radius 1 is 1.19 bits per heavy atom. The second-order valence-electron chi connectivity index (χ2n) is 4.17. The van der Waals surface area contributed by atoms with E-state index in [1.54, 1.807) is 31.4 Å². The van der Waals surface area contributed by atoms with Gasteiger partial charge in [0.15, 0.2) is 0 Å². The van der Waals surface area contributed by atoms with Crippen LogP contribution in [-0.4, -0.2) is 31.2 Å². The Kier molecular flexibility index (Phi) is 5.11. The molecule has 1 aromatic carbocycles. The highest BCUT2D eigenvalue weighted by molar-refractivity contribution is 5.92. The Balaban J connectivity index is 2.01. The van der Waals surface area contributed by atoms with Crippen molar-refractivity contribution in [3.8, 4) is 17.4 Å². The van der Waals surface area contributed by atoms with Gasteiger partial charge < -0.3 is 19.9 Å². The standard InChI is InChI=1S/C15H16N2O4/c1-19-7-8-20-12-3-2-4-13(9-12)21-14-6-5-11(10-17-14)15(16)18/h2-6,9-10H,7-8H2,1H3,(H2,16,18). The average Bonchev–Trinajstić information content (AvgIpc) is 2.48. The van der Waals surface area contributed by atoms with Gasteiger partial charge in [-0.05, 0) is 18.2 Å². The Hall–Kier alpha value is -2.60. The molecule has 1 aromatic heterocycles. The zero-order valence-electron chi connectivity index (χ0n) is 11.6. The molecule has 0 aliphatic carbocycles. The molecule has 0 spiro atoms. The second-order valence-corrected chi connectivity index (χ2v) is 4.17. The first-order valence-electron chi connectivity index (χ1n) is 6.34. The second kappa shape index (κ2) is 7.25. The van der Waals surface area contributed by atoms with Gasteiger partial charge in [0.05, 0.1) is 12.2 Å². The van der Waals surface area contributed by atoms with Gasteiger partial charge in [0.25, 0.3) is 0 Å². The first-order valence-corrected chi connectivity index (χ1v) is 6.34. The van der Waals surface area contributed by atoms with E-state index in [0.29, 0.717) is 36.2 Å². The van der Waals surface area contributed by atoms with Gasteiger partial charge in [-0.2, -0.15) is 0 Å². The number of rotatable bonds is 7. The van der Waals surface area contributed by atoms with Crippen LogP contribution in [0.5, 0.6) is 17.4 Å². The van der Waals surface area contributed by atoms with Crippen LogP contribution >= 0.6 is 0 Å². The molecule has 0 bridgehead atoms. The number of pyridine rings is 1. The van der Waals surface area contributed by atoms with Crippen molar-refractivity contribution in [2.45, 2.75) is 0 Å². The van der Waals surface area contributed by atoms with Crippen LogP contribution in [0.2, 0.25) is 0 Å². The van der Waals surface area contributed by atoms with E-state index in [1.807, 2.05) is 12.1 Å². The SMILES string of the molecule is COCCOc1cccc(Oc2ccc(C(N)=O)cn2)c1. The zero-order chi connectivity index (χ0) is 15.1. The summed E-state index contributed by atoms with van der Waals surface area (Å²) in [5.41, 5.74) is 5.48. The van der Waals surface area contributed by atoms with Crippen LogP contribution in [0.25, 0.3) is 0 Å². The summed E-state index contributed by atoms with van der Waals surface area (Å²) in [5, 5.41) is 0. The number of aromatic nitrogens is 1. The van der Waals surface area contributed by atoms with Crippen LogP contribution < -0.4 is 15.2 Å². The Labute approximate surface area is 122 Å². The molecule has 6 nitrogen and oxygen atoms in total. The van der Waals surface area contributed by atoms with Crippen LogP contribution in [0.1, 0.15) is 10.4 Å². The summed E-state index contributed by atoms with van der Waals surface area (Å²) in [6.45, 7) is 0.979. The van der Waals surface area contributed by atoms with E-state index in [4.69, 9.17) is 19.9 Å². The number of nitrogens with zero attached hydrogens (tertiary/aromatic N) is 1. The molecule has 1 heterocycles. The third-order valence-electron chi connectivity index (χ3n) is 2.60. The molecule has 2 N–H and O–H groups in total. The number of primary amides is 1. The van der Waals surface area contributed by atoms with Crippen molar-refractivity contribution < 1.29 is 19.0 Å². The number of hydrogen-bond acceptors (Lipinski definition) is 5. The lowest BCUT2D eigenvalue weighted by Gasteiger charge is -2.08. The van der Waals surface area contributed by atoms with Gasteiger partial charge in [-0.25, -0.2) is 4.98 Å². The van der Waals surface area contributed by atoms with Crippen LogP contribution in [0, 0.1) is 0 Å². The number of nitrogens with two attached hydrogens (primary N) is 1. The number of benzene rings is 1. The van der Waals surface area contributed by atoms with E-state index >= 15 is 0 Å². The molecule has 0 fully saturated rings. The van der Waals surface area contributed by atoms with E-state index in [2.05, 4.69) is 4.98 Å². The van der Waals surface area contributed by atoms with E-state index in [0.717, 1.165) is 0 Å². The molecule has 2 rings (SSSR count). The maximum absolute atomic E-state index is 11.0. The number of methoxy groups -OCH3 is 1. The molecule has 2 aromatic rings. The fraction of sp³-hybridized carbons (Fsp3) is 0.200. The monoisotopic (exact) mass is 288 g/mol. The lowest BCUT2D eigenvalue weighted by atomic mass is 10.3. The van der Waals surface area contributed by atoms with Crippen molar-refractivity contribution >= 4 is 5.91 Å². The molecule has 0 aliphatic rings. The van der Waals surface area contributed by atoms with Gasteiger partial charge in [0, 0.05) is 25.4 Å². The largest absolute Gasteiger partial charge is 0.491 e. The Morgan fingerprint density at radius 3 is 2.67 bits per heavy atom. The third kappa shape index (κ3) is 4.47.